The third-order valence-corrected chi connectivity index (χ3v) is 3.09. The summed E-state index contributed by atoms with van der Waals surface area (Å²) in [7, 11) is 0. The fourth-order valence-electron chi connectivity index (χ4n) is 1.51. The summed E-state index contributed by atoms with van der Waals surface area (Å²) in [5.41, 5.74) is 0.956. The SMILES string of the molecule is CC(C)C(CO)NC(=O)Cc1cccc(Br)c1. The van der Waals surface area contributed by atoms with E-state index in [9.17, 15) is 4.79 Å². The van der Waals surface area contributed by atoms with Crippen LogP contribution < -0.4 is 5.32 Å². The normalized spacial score (nSPS) is 12.5. The number of aliphatic hydroxyl groups is 1. The van der Waals surface area contributed by atoms with Crippen molar-refractivity contribution >= 4 is 21.8 Å². The first-order chi connectivity index (χ1) is 8.02. The van der Waals surface area contributed by atoms with Crippen LogP contribution in [0.1, 0.15) is 19.4 Å². The van der Waals surface area contributed by atoms with Gasteiger partial charge in [-0.2, -0.15) is 0 Å². The lowest BCUT2D eigenvalue weighted by atomic mass is 10.0. The van der Waals surface area contributed by atoms with E-state index < -0.39 is 0 Å². The van der Waals surface area contributed by atoms with Gasteiger partial charge in [-0.05, 0) is 23.6 Å². The van der Waals surface area contributed by atoms with Gasteiger partial charge < -0.3 is 10.4 Å². The van der Waals surface area contributed by atoms with Crippen molar-refractivity contribution in [3.05, 3.63) is 34.3 Å². The zero-order valence-electron chi connectivity index (χ0n) is 10.1. The molecule has 0 aliphatic carbocycles. The highest BCUT2D eigenvalue weighted by Gasteiger charge is 2.15. The average molecular weight is 300 g/mol. The molecule has 1 rings (SSSR count). The molecule has 0 saturated heterocycles. The standard InChI is InChI=1S/C13H18BrNO2/c1-9(2)12(8-16)15-13(17)7-10-4-3-5-11(14)6-10/h3-6,9,12,16H,7-8H2,1-2H3,(H,15,17). The Morgan fingerprint density at radius 1 is 1.47 bits per heavy atom. The second-order valence-electron chi connectivity index (χ2n) is 4.41. The van der Waals surface area contributed by atoms with E-state index in [1.807, 2.05) is 38.1 Å². The van der Waals surface area contributed by atoms with Crippen LogP contribution in [0.5, 0.6) is 0 Å². The zero-order chi connectivity index (χ0) is 12.8. The van der Waals surface area contributed by atoms with Gasteiger partial charge in [0, 0.05) is 4.47 Å². The van der Waals surface area contributed by atoms with Crippen LogP contribution in [0, 0.1) is 5.92 Å². The van der Waals surface area contributed by atoms with Crippen molar-refractivity contribution in [1.29, 1.82) is 0 Å². The van der Waals surface area contributed by atoms with Crippen LogP contribution >= 0.6 is 15.9 Å². The molecule has 2 N–H and O–H groups in total. The Hall–Kier alpha value is -0.870. The molecule has 0 bridgehead atoms. The minimum Gasteiger partial charge on any atom is -0.394 e. The largest absolute Gasteiger partial charge is 0.394 e. The Kier molecular flexibility index (Phi) is 5.65. The number of carbonyl (C=O) groups excluding carboxylic acids is 1. The van der Waals surface area contributed by atoms with Crippen molar-refractivity contribution in [3.63, 3.8) is 0 Å². The number of hydrogen-bond acceptors (Lipinski definition) is 2. The molecule has 0 fully saturated rings. The Morgan fingerprint density at radius 2 is 2.18 bits per heavy atom. The number of benzene rings is 1. The maximum atomic E-state index is 11.8. The first-order valence-corrected chi connectivity index (χ1v) is 6.47. The highest BCUT2D eigenvalue weighted by atomic mass is 79.9. The Labute approximate surface area is 110 Å². The van der Waals surface area contributed by atoms with Gasteiger partial charge in [-0.3, -0.25) is 4.79 Å². The smallest absolute Gasteiger partial charge is 0.224 e. The number of nitrogens with one attached hydrogen (secondary N) is 1. The molecule has 0 radical (unpaired) electrons. The number of carbonyl (C=O) groups is 1. The van der Waals surface area contributed by atoms with Gasteiger partial charge in [0.15, 0.2) is 0 Å². The second kappa shape index (κ2) is 6.77. The second-order valence-corrected chi connectivity index (χ2v) is 5.32. The van der Waals surface area contributed by atoms with Gasteiger partial charge in [-0.15, -0.1) is 0 Å². The Morgan fingerprint density at radius 3 is 2.71 bits per heavy atom. The van der Waals surface area contributed by atoms with Crippen molar-refractivity contribution in [2.24, 2.45) is 5.92 Å². The van der Waals surface area contributed by atoms with Crippen molar-refractivity contribution in [2.75, 3.05) is 6.61 Å². The summed E-state index contributed by atoms with van der Waals surface area (Å²) in [6.45, 7) is 3.92. The van der Waals surface area contributed by atoms with Crippen molar-refractivity contribution in [2.45, 2.75) is 26.3 Å². The summed E-state index contributed by atoms with van der Waals surface area (Å²) in [6.07, 6.45) is 0.336. The first kappa shape index (κ1) is 14.2. The van der Waals surface area contributed by atoms with E-state index >= 15 is 0 Å². The molecule has 94 valence electrons. The monoisotopic (exact) mass is 299 g/mol. The summed E-state index contributed by atoms with van der Waals surface area (Å²) in [6, 6.07) is 7.48. The van der Waals surface area contributed by atoms with Gasteiger partial charge in [0.25, 0.3) is 0 Å². The maximum absolute atomic E-state index is 11.8. The molecule has 1 amide bonds. The molecule has 0 aliphatic heterocycles. The number of amides is 1. The predicted molar refractivity (Wildman–Crippen MR) is 71.7 cm³/mol. The van der Waals surface area contributed by atoms with Crippen molar-refractivity contribution < 1.29 is 9.90 Å². The third-order valence-electron chi connectivity index (χ3n) is 2.60. The molecule has 0 aliphatic rings. The number of rotatable bonds is 5. The van der Waals surface area contributed by atoms with Crippen LogP contribution in [-0.2, 0) is 11.2 Å². The highest BCUT2D eigenvalue weighted by Crippen LogP contribution is 2.12. The van der Waals surface area contributed by atoms with Crippen LogP contribution in [0.2, 0.25) is 0 Å². The van der Waals surface area contributed by atoms with Gasteiger partial charge >= 0.3 is 0 Å². The fraction of sp³-hybridized carbons (Fsp3) is 0.462. The quantitative estimate of drug-likeness (QED) is 0.875. The van der Waals surface area contributed by atoms with Gasteiger partial charge in [-0.25, -0.2) is 0 Å². The van der Waals surface area contributed by atoms with Crippen LogP contribution in [0.25, 0.3) is 0 Å². The van der Waals surface area contributed by atoms with E-state index in [-0.39, 0.29) is 24.5 Å². The molecular formula is C13H18BrNO2. The molecule has 1 aromatic rings. The fourth-order valence-corrected chi connectivity index (χ4v) is 1.96. The summed E-state index contributed by atoms with van der Waals surface area (Å²) in [4.78, 5) is 11.8. The minimum absolute atomic E-state index is 0.0259. The first-order valence-electron chi connectivity index (χ1n) is 5.67. The molecule has 0 saturated carbocycles. The number of aliphatic hydroxyl groups excluding tert-OH is 1. The summed E-state index contributed by atoms with van der Waals surface area (Å²) in [5, 5.41) is 12.0. The highest BCUT2D eigenvalue weighted by molar-refractivity contribution is 9.10. The summed E-state index contributed by atoms with van der Waals surface area (Å²) < 4.78 is 0.963. The average Bonchev–Trinajstić information content (AvgIpc) is 2.25. The molecule has 0 aromatic heterocycles. The Bertz CT molecular complexity index is 379. The van der Waals surface area contributed by atoms with E-state index in [0.717, 1.165) is 10.0 Å². The number of halogens is 1. The van der Waals surface area contributed by atoms with Crippen molar-refractivity contribution in [1.82, 2.24) is 5.32 Å². The molecule has 4 heteroatoms. The molecule has 17 heavy (non-hydrogen) atoms. The molecule has 1 atom stereocenters. The van der Waals surface area contributed by atoms with E-state index in [1.165, 1.54) is 0 Å². The van der Waals surface area contributed by atoms with E-state index in [0.29, 0.717) is 6.42 Å². The molecule has 1 unspecified atom stereocenters. The van der Waals surface area contributed by atoms with Gasteiger partial charge in [0.1, 0.15) is 0 Å². The van der Waals surface area contributed by atoms with Crippen LogP contribution in [-0.4, -0.2) is 23.7 Å². The zero-order valence-corrected chi connectivity index (χ0v) is 11.7. The summed E-state index contributed by atoms with van der Waals surface area (Å²) in [5.74, 6) is 0.169. The Balaban J connectivity index is 2.55. The number of hydrogen-bond donors (Lipinski definition) is 2. The van der Waals surface area contributed by atoms with Gasteiger partial charge in [0.2, 0.25) is 5.91 Å². The van der Waals surface area contributed by atoms with Crippen molar-refractivity contribution in [3.8, 4) is 0 Å². The molecular weight excluding hydrogens is 282 g/mol. The molecule has 1 aromatic carbocycles. The van der Waals surface area contributed by atoms with Gasteiger partial charge in [0.05, 0.1) is 19.1 Å². The molecule has 3 nitrogen and oxygen atoms in total. The topological polar surface area (TPSA) is 49.3 Å². The maximum Gasteiger partial charge on any atom is 0.224 e. The lowest BCUT2D eigenvalue weighted by Crippen LogP contribution is -2.41. The summed E-state index contributed by atoms with van der Waals surface area (Å²) >= 11 is 3.37. The lowest BCUT2D eigenvalue weighted by Gasteiger charge is -2.19. The van der Waals surface area contributed by atoms with Crippen LogP contribution in [0.15, 0.2) is 28.7 Å². The third kappa shape index (κ3) is 4.88. The minimum atomic E-state index is -0.172. The predicted octanol–water partition coefficient (Wildman–Crippen LogP) is 2.12. The van der Waals surface area contributed by atoms with Crippen LogP contribution in [0.4, 0.5) is 0 Å². The lowest BCUT2D eigenvalue weighted by molar-refractivity contribution is -0.121. The van der Waals surface area contributed by atoms with Crippen LogP contribution in [0.3, 0.4) is 0 Å². The van der Waals surface area contributed by atoms with E-state index in [2.05, 4.69) is 21.2 Å². The van der Waals surface area contributed by atoms with Gasteiger partial charge in [-0.1, -0.05) is 41.9 Å². The molecule has 0 heterocycles. The van der Waals surface area contributed by atoms with E-state index in [1.54, 1.807) is 0 Å². The molecule has 0 spiro atoms. The van der Waals surface area contributed by atoms with E-state index in [4.69, 9.17) is 5.11 Å².